The molecular weight excluding hydrogens is 531 g/mol. The lowest BCUT2D eigenvalue weighted by atomic mass is 10.0. The van der Waals surface area contributed by atoms with E-state index in [1.165, 1.54) is 6.33 Å². The molecule has 3 heterocycles. The minimum atomic E-state index is -0.162. The summed E-state index contributed by atoms with van der Waals surface area (Å²) in [5.74, 6) is 1.49. The lowest BCUT2D eigenvalue weighted by Gasteiger charge is -2.17. The summed E-state index contributed by atoms with van der Waals surface area (Å²) < 4.78 is 0.532. The van der Waals surface area contributed by atoms with E-state index >= 15 is 0 Å². The fourth-order valence-corrected chi connectivity index (χ4v) is 5.40. The number of thioether (sulfide) groups is 1. The summed E-state index contributed by atoms with van der Waals surface area (Å²) in [4.78, 5) is 33.2. The molecule has 0 aliphatic heterocycles. The maximum Gasteiger partial charge on any atom is 0.252 e. The Labute approximate surface area is 229 Å². The van der Waals surface area contributed by atoms with Gasteiger partial charge in [-0.1, -0.05) is 30.4 Å². The Bertz CT molecular complexity index is 1460. The number of hydrogen-bond acceptors (Lipinski definition) is 10. The lowest BCUT2D eigenvalue weighted by molar-refractivity contribution is 0.0962. The van der Waals surface area contributed by atoms with Crippen LogP contribution >= 0.6 is 49.2 Å². The number of amides is 1. The van der Waals surface area contributed by atoms with Gasteiger partial charge in [0.2, 0.25) is 0 Å². The number of para-hydroxylation sites is 1. The first-order chi connectivity index (χ1) is 17.4. The number of pyridine rings is 1. The van der Waals surface area contributed by atoms with Gasteiger partial charge in [0.1, 0.15) is 27.6 Å². The van der Waals surface area contributed by atoms with E-state index in [1.807, 2.05) is 25.1 Å². The Kier molecular flexibility index (Phi) is 8.83. The SMILES string of the molecule is CSC(CNc1cc(-c2c(S)nc(C)[nH]c2=S)ncn1)Cc1cccc2c(C(=O)NCS)ccnc12. The van der Waals surface area contributed by atoms with Crippen molar-refractivity contribution in [3.8, 4) is 11.3 Å². The molecule has 3 aromatic heterocycles. The maximum absolute atomic E-state index is 12.5. The smallest absolute Gasteiger partial charge is 0.252 e. The number of rotatable bonds is 9. The minimum Gasteiger partial charge on any atom is -0.369 e. The number of carbonyl (C=O) groups excluding carboxylic acids is 1. The van der Waals surface area contributed by atoms with Gasteiger partial charge >= 0.3 is 0 Å². The molecule has 0 aliphatic carbocycles. The highest BCUT2D eigenvalue weighted by Gasteiger charge is 2.16. The van der Waals surface area contributed by atoms with Gasteiger partial charge in [0.05, 0.1) is 28.2 Å². The Morgan fingerprint density at radius 2 is 2.08 bits per heavy atom. The van der Waals surface area contributed by atoms with Gasteiger partial charge in [-0.15, -0.1) is 12.6 Å². The summed E-state index contributed by atoms with van der Waals surface area (Å²) in [7, 11) is 0. The van der Waals surface area contributed by atoms with Crippen molar-refractivity contribution < 1.29 is 4.79 Å². The van der Waals surface area contributed by atoms with Crippen LogP contribution in [0, 0.1) is 11.6 Å². The Morgan fingerprint density at radius 3 is 2.83 bits per heavy atom. The van der Waals surface area contributed by atoms with Crippen LogP contribution in [0.5, 0.6) is 0 Å². The highest BCUT2D eigenvalue weighted by Crippen LogP contribution is 2.27. The predicted octanol–water partition coefficient (Wildman–Crippen LogP) is 4.74. The zero-order valence-electron chi connectivity index (χ0n) is 19.6. The van der Waals surface area contributed by atoms with E-state index in [-0.39, 0.29) is 17.0 Å². The first-order valence-electron chi connectivity index (χ1n) is 11.1. The number of nitrogens with one attached hydrogen (secondary N) is 3. The van der Waals surface area contributed by atoms with Crippen LogP contribution in [0.3, 0.4) is 0 Å². The van der Waals surface area contributed by atoms with Crippen molar-refractivity contribution in [2.75, 3.05) is 24.0 Å². The molecule has 3 N–H and O–H groups in total. The molecule has 186 valence electrons. The molecule has 8 nitrogen and oxygen atoms in total. The number of fused-ring (bicyclic) bond motifs is 1. The normalized spacial score (nSPS) is 11.9. The van der Waals surface area contributed by atoms with Crippen molar-refractivity contribution in [1.29, 1.82) is 0 Å². The van der Waals surface area contributed by atoms with E-state index in [0.717, 1.165) is 22.9 Å². The molecule has 0 saturated carbocycles. The summed E-state index contributed by atoms with van der Waals surface area (Å²) in [6, 6.07) is 9.53. The maximum atomic E-state index is 12.5. The Morgan fingerprint density at radius 1 is 1.25 bits per heavy atom. The molecule has 0 aliphatic rings. The van der Waals surface area contributed by atoms with Crippen LogP contribution in [0.4, 0.5) is 5.82 Å². The van der Waals surface area contributed by atoms with Gasteiger partial charge in [0.25, 0.3) is 5.91 Å². The van der Waals surface area contributed by atoms with Gasteiger partial charge in [-0.05, 0) is 31.2 Å². The zero-order chi connectivity index (χ0) is 25.7. The number of benzene rings is 1. The zero-order valence-corrected chi connectivity index (χ0v) is 23.1. The topological polar surface area (TPSA) is 108 Å². The standard InChI is InChI=1S/C24H25N7OS4/c1-13-30-23(34)20(24(35)31-13)18-9-19(28-11-27-18)26-10-15(36-2)8-14-4-3-5-16-17(22(32)29-12-33)6-7-25-21(14)16/h3-7,9,11,15,33H,8,10,12H2,1-2H3,(H,29,32)(H,26,27,28)(H2,30,31,34,35). The molecule has 1 aromatic carbocycles. The van der Waals surface area contributed by atoms with Gasteiger partial charge in [0.15, 0.2) is 0 Å². The van der Waals surface area contributed by atoms with E-state index < -0.39 is 0 Å². The summed E-state index contributed by atoms with van der Waals surface area (Å²) in [6.45, 7) is 2.50. The van der Waals surface area contributed by atoms with Gasteiger partial charge in [-0.25, -0.2) is 15.0 Å². The third kappa shape index (κ3) is 6.00. The number of carbonyl (C=O) groups is 1. The van der Waals surface area contributed by atoms with Crippen LogP contribution < -0.4 is 10.6 Å². The number of aromatic amines is 1. The molecule has 4 rings (SSSR count). The van der Waals surface area contributed by atoms with Crippen LogP contribution in [-0.4, -0.2) is 54.8 Å². The average Bonchev–Trinajstić information content (AvgIpc) is 2.86. The third-order valence-corrected chi connectivity index (χ3v) is 7.36. The molecule has 0 radical (unpaired) electrons. The minimum absolute atomic E-state index is 0.162. The van der Waals surface area contributed by atoms with Gasteiger partial charge in [0, 0.05) is 29.4 Å². The van der Waals surface area contributed by atoms with Crippen molar-refractivity contribution in [1.82, 2.24) is 30.2 Å². The molecule has 36 heavy (non-hydrogen) atoms. The van der Waals surface area contributed by atoms with Crippen molar-refractivity contribution >= 4 is 71.9 Å². The monoisotopic (exact) mass is 555 g/mol. The van der Waals surface area contributed by atoms with Crippen LogP contribution in [0.25, 0.3) is 22.2 Å². The van der Waals surface area contributed by atoms with Crippen LogP contribution in [0.1, 0.15) is 21.7 Å². The lowest BCUT2D eigenvalue weighted by Crippen LogP contribution is -2.22. The van der Waals surface area contributed by atoms with E-state index in [1.54, 1.807) is 24.0 Å². The quantitative estimate of drug-likeness (QED) is 0.0872. The van der Waals surface area contributed by atoms with Gasteiger partial charge < -0.3 is 15.6 Å². The van der Waals surface area contributed by atoms with E-state index in [4.69, 9.17) is 12.2 Å². The molecule has 1 amide bonds. The second-order valence-electron chi connectivity index (χ2n) is 7.92. The number of aryl methyl sites for hydroxylation is 1. The number of thiol groups is 2. The molecule has 0 fully saturated rings. The number of hydrogen-bond donors (Lipinski definition) is 5. The van der Waals surface area contributed by atoms with Crippen LogP contribution in [-0.2, 0) is 6.42 Å². The summed E-state index contributed by atoms with van der Waals surface area (Å²) >= 11 is 15.8. The fraction of sp³-hybridized carbons (Fsp3) is 0.250. The first kappa shape index (κ1) is 26.4. The van der Waals surface area contributed by atoms with Crippen molar-refractivity contribution in [2.45, 2.75) is 23.6 Å². The van der Waals surface area contributed by atoms with Crippen LogP contribution in [0.15, 0.2) is 47.9 Å². The molecular formula is C24H25N7OS4. The number of nitrogens with zero attached hydrogens (tertiary/aromatic N) is 4. The van der Waals surface area contributed by atoms with E-state index in [0.29, 0.717) is 44.7 Å². The second-order valence-corrected chi connectivity index (χ2v) is 10.2. The summed E-state index contributed by atoms with van der Waals surface area (Å²) in [6.07, 6.45) is 6.02. The predicted molar refractivity (Wildman–Crippen MR) is 155 cm³/mol. The molecule has 1 unspecified atom stereocenters. The van der Waals surface area contributed by atoms with Crippen molar-refractivity contribution in [3.05, 3.63) is 64.4 Å². The average molecular weight is 556 g/mol. The second kappa shape index (κ2) is 12.0. The van der Waals surface area contributed by atoms with Crippen LogP contribution in [0.2, 0.25) is 0 Å². The Hall–Kier alpha value is -2.67. The largest absolute Gasteiger partial charge is 0.369 e. The highest BCUT2D eigenvalue weighted by molar-refractivity contribution is 7.99. The van der Waals surface area contributed by atoms with Crippen molar-refractivity contribution in [2.24, 2.45) is 0 Å². The van der Waals surface area contributed by atoms with E-state index in [2.05, 4.69) is 73.1 Å². The summed E-state index contributed by atoms with van der Waals surface area (Å²) in [5, 5.41) is 7.74. The highest BCUT2D eigenvalue weighted by atomic mass is 32.2. The molecule has 1 atom stereocenters. The fourth-order valence-electron chi connectivity index (χ4n) is 3.86. The number of anilines is 1. The van der Waals surface area contributed by atoms with Crippen molar-refractivity contribution in [3.63, 3.8) is 0 Å². The molecule has 4 aromatic rings. The first-order valence-corrected chi connectivity index (χ1v) is 13.8. The third-order valence-electron chi connectivity index (χ3n) is 5.57. The summed E-state index contributed by atoms with van der Waals surface area (Å²) in [5.41, 5.74) is 3.82. The molecule has 0 saturated heterocycles. The number of aromatic nitrogens is 5. The molecule has 0 bridgehead atoms. The Balaban J connectivity index is 1.53. The molecule has 0 spiro atoms. The molecule has 12 heteroatoms. The van der Waals surface area contributed by atoms with Gasteiger partial charge in [-0.3, -0.25) is 9.78 Å². The number of H-pyrrole nitrogens is 1. The van der Waals surface area contributed by atoms with Gasteiger partial charge in [-0.2, -0.15) is 24.4 Å². The van der Waals surface area contributed by atoms with E-state index in [9.17, 15) is 4.79 Å².